The molecule has 0 heterocycles. The van der Waals surface area contributed by atoms with Gasteiger partial charge in [-0.2, -0.15) is 0 Å². The van der Waals surface area contributed by atoms with Crippen molar-refractivity contribution in [2.24, 2.45) is 0 Å². The molecule has 0 bridgehead atoms. The Morgan fingerprint density at radius 2 is 2.08 bits per heavy atom. The summed E-state index contributed by atoms with van der Waals surface area (Å²) in [6.45, 7) is 9.62. The summed E-state index contributed by atoms with van der Waals surface area (Å²) in [6, 6.07) is 0. The third kappa shape index (κ3) is 2.25. The van der Waals surface area contributed by atoms with E-state index in [2.05, 4.69) is 18.2 Å². The van der Waals surface area contributed by atoms with Gasteiger partial charge in [0.1, 0.15) is 0 Å². The molecule has 0 amide bonds. The highest BCUT2D eigenvalue weighted by atomic mass is 32.2. The van der Waals surface area contributed by atoms with Gasteiger partial charge in [-0.1, -0.05) is 6.58 Å². The molecular weight excluding hydrogens is 170 g/mol. The van der Waals surface area contributed by atoms with Gasteiger partial charge in [0.25, 0.3) is 0 Å². The summed E-state index contributed by atoms with van der Waals surface area (Å²) in [7, 11) is 0. The van der Waals surface area contributed by atoms with Crippen molar-refractivity contribution in [1.29, 1.82) is 0 Å². The summed E-state index contributed by atoms with van der Waals surface area (Å²) in [5, 5.41) is 0. The first-order valence-electron chi connectivity index (χ1n) is 4.23. The highest BCUT2D eigenvalue weighted by molar-refractivity contribution is 7.91. The van der Waals surface area contributed by atoms with E-state index in [1.165, 1.54) is 0 Å². The second-order valence-corrected chi connectivity index (χ2v) is 6.03. The summed E-state index contributed by atoms with van der Waals surface area (Å²) in [4.78, 5) is 0. The molecule has 1 fully saturated rings. The molecule has 70 valence electrons. The Balaban J connectivity index is 2.47. The van der Waals surface area contributed by atoms with Crippen molar-refractivity contribution in [1.82, 2.24) is 4.72 Å². The Hall–Kier alpha value is 0.01000. The Kier molecular flexibility index (Phi) is 2.57. The van der Waals surface area contributed by atoms with Crippen LogP contribution in [0.2, 0.25) is 0 Å². The first-order valence-corrected chi connectivity index (χ1v) is 5.38. The predicted molar refractivity (Wildman–Crippen MR) is 53.2 cm³/mol. The third-order valence-corrected chi connectivity index (χ3v) is 4.11. The molecular formula is C9H17NOS. The lowest BCUT2D eigenvalue weighted by molar-refractivity contribution is 0.534. The van der Waals surface area contributed by atoms with Gasteiger partial charge in [0.2, 0.25) is 0 Å². The quantitative estimate of drug-likeness (QED) is 0.537. The zero-order valence-electron chi connectivity index (χ0n) is 8.02. The fourth-order valence-corrected chi connectivity index (χ4v) is 1.79. The van der Waals surface area contributed by atoms with E-state index in [0.717, 1.165) is 12.8 Å². The molecule has 1 unspecified atom stereocenters. The SMILES string of the molecule is C=CC(C)(C)[S+]([O-])NC1(C)CC1. The van der Waals surface area contributed by atoms with E-state index in [4.69, 9.17) is 0 Å². The van der Waals surface area contributed by atoms with Crippen molar-refractivity contribution in [3.05, 3.63) is 12.7 Å². The van der Waals surface area contributed by atoms with Crippen LogP contribution in [0, 0.1) is 0 Å². The summed E-state index contributed by atoms with van der Waals surface area (Å²) >= 11 is -1.01. The van der Waals surface area contributed by atoms with Gasteiger partial charge >= 0.3 is 0 Å². The fraction of sp³-hybridized carbons (Fsp3) is 0.778. The van der Waals surface area contributed by atoms with Crippen LogP contribution in [0.5, 0.6) is 0 Å². The second kappa shape index (κ2) is 3.05. The Morgan fingerprint density at radius 1 is 1.58 bits per heavy atom. The van der Waals surface area contributed by atoms with Crippen LogP contribution in [-0.2, 0) is 11.4 Å². The predicted octanol–water partition coefficient (Wildman–Crippen LogP) is 1.76. The minimum absolute atomic E-state index is 0.130. The summed E-state index contributed by atoms with van der Waals surface area (Å²) in [6.07, 6.45) is 4.00. The van der Waals surface area contributed by atoms with Gasteiger partial charge in [0, 0.05) is 11.4 Å². The molecule has 1 N–H and O–H groups in total. The molecule has 1 aliphatic rings. The Bertz CT molecular complexity index is 187. The molecule has 1 aliphatic carbocycles. The minimum Gasteiger partial charge on any atom is -0.597 e. The standard InChI is InChI=1S/C9H17NOS/c1-5-8(2,3)12(11)10-9(4)6-7-9/h5,10H,1,6-7H2,2-4H3. The third-order valence-electron chi connectivity index (χ3n) is 2.31. The van der Waals surface area contributed by atoms with Crippen LogP contribution in [0.4, 0.5) is 0 Å². The minimum atomic E-state index is -1.01. The van der Waals surface area contributed by atoms with Crippen LogP contribution in [0.3, 0.4) is 0 Å². The molecule has 0 aromatic rings. The molecule has 0 aromatic carbocycles. The van der Waals surface area contributed by atoms with E-state index in [1.54, 1.807) is 6.08 Å². The molecule has 0 aliphatic heterocycles. The monoisotopic (exact) mass is 187 g/mol. The van der Waals surface area contributed by atoms with Crippen molar-refractivity contribution in [3.63, 3.8) is 0 Å². The maximum Gasteiger partial charge on any atom is 0.157 e. The lowest BCUT2D eigenvalue weighted by Crippen LogP contribution is -2.45. The first kappa shape index (κ1) is 10.1. The lowest BCUT2D eigenvalue weighted by atomic mass is 10.2. The van der Waals surface area contributed by atoms with Crippen LogP contribution in [0.25, 0.3) is 0 Å². The number of nitrogens with one attached hydrogen (secondary N) is 1. The summed E-state index contributed by atoms with van der Waals surface area (Å²) in [5.74, 6) is 0. The van der Waals surface area contributed by atoms with E-state index in [9.17, 15) is 4.55 Å². The first-order chi connectivity index (χ1) is 5.40. The zero-order valence-corrected chi connectivity index (χ0v) is 8.83. The topological polar surface area (TPSA) is 35.1 Å². The molecule has 0 spiro atoms. The Labute approximate surface area is 77.7 Å². The van der Waals surface area contributed by atoms with Gasteiger partial charge in [-0.05, 0) is 39.7 Å². The number of hydrogen-bond acceptors (Lipinski definition) is 2. The largest absolute Gasteiger partial charge is 0.597 e. The number of rotatable bonds is 4. The van der Waals surface area contributed by atoms with E-state index >= 15 is 0 Å². The number of hydrogen-bond donors (Lipinski definition) is 1. The molecule has 1 saturated carbocycles. The molecule has 12 heavy (non-hydrogen) atoms. The zero-order chi connectivity index (χ0) is 9.41. The molecule has 1 atom stereocenters. The van der Waals surface area contributed by atoms with Crippen LogP contribution >= 0.6 is 0 Å². The maximum absolute atomic E-state index is 11.7. The van der Waals surface area contributed by atoms with Gasteiger partial charge in [-0.15, -0.1) is 4.72 Å². The van der Waals surface area contributed by atoms with Crippen LogP contribution in [-0.4, -0.2) is 14.8 Å². The average Bonchev–Trinajstić information content (AvgIpc) is 2.68. The highest BCUT2D eigenvalue weighted by Gasteiger charge is 2.44. The van der Waals surface area contributed by atoms with Crippen LogP contribution in [0.15, 0.2) is 12.7 Å². The smallest absolute Gasteiger partial charge is 0.157 e. The van der Waals surface area contributed by atoms with Crippen molar-refractivity contribution in [2.75, 3.05) is 0 Å². The van der Waals surface area contributed by atoms with E-state index in [-0.39, 0.29) is 10.3 Å². The van der Waals surface area contributed by atoms with Gasteiger partial charge in [-0.3, -0.25) is 0 Å². The highest BCUT2D eigenvalue weighted by Crippen LogP contribution is 2.36. The second-order valence-electron chi connectivity index (χ2n) is 4.24. The normalized spacial score (nSPS) is 23.3. The van der Waals surface area contributed by atoms with E-state index in [1.807, 2.05) is 13.8 Å². The lowest BCUT2D eigenvalue weighted by Gasteiger charge is -2.26. The molecule has 3 heteroatoms. The molecule has 1 rings (SSSR count). The van der Waals surface area contributed by atoms with E-state index < -0.39 is 11.4 Å². The van der Waals surface area contributed by atoms with Crippen molar-refractivity contribution < 1.29 is 4.55 Å². The molecule has 0 saturated heterocycles. The molecule has 0 radical (unpaired) electrons. The molecule has 0 aromatic heterocycles. The van der Waals surface area contributed by atoms with Gasteiger partial charge < -0.3 is 4.55 Å². The van der Waals surface area contributed by atoms with E-state index in [0.29, 0.717) is 0 Å². The van der Waals surface area contributed by atoms with Crippen LogP contribution in [0.1, 0.15) is 33.6 Å². The van der Waals surface area contributed by atoms with Gasteiger partial charge in [-0.25, -0.2) is 0 Å². The Morgan fingerprint density at radius 3 is 2.42 bits per heavy atom. The van der Waals surface area contributed by atoms with Crippen LogP contribution < -0.4 is 4.72 Å². The maximum atomic E-state index is 11.7. The summed E-state index contributed by atoms with van der Waals surface area (Å²) < 4.78 is 14.5. The van der Waals surface area contributed by atoms with Crippen molar-refractivity contribution >= 4 is 11.4 Å². The molecule has 2 nitrogen and oxygen atoms in total. The van der Waals surface area contributed by atoms with Gasteiger partial charge in [0.15, 0.2) is 4.75 Å². The van der Waals surface area contributed by atoms with Gasteiger partial charge in [0.05, 0.1) is 5.54 Å². The van der Waals surface area contributed by atoms with Crippen molar-refractivity contribution in [2.45, 2.75) is 43.9 Å². The van der Waals surface area contributed by atoms with Crippen molar-refractivity contribution in [3.8, 4) is 0 Å². The fourth-order valence-electron chi connectivity index (χ4n) is 0.721. The average molecular weight is 187 g/mol. The summed E-state index contributed by atoms with van der Waals surface area (Å²) in [5.41, 5.74) is 0.130.